The van der Waals surface area contributed by atoms with Crippen LogP contribution in [0.5, 0.6) is 0 Å². The number of rotatable bonds is 3. The van der Waals surface area contributed by atoms with E-state index in [1.54, 1.807) is 18.2 Å². The fourth-order valence-corrected chi connectivity index (χ4v) is 2.33. The summed E-state index contributed by atoms with van der Waals surface area (Å²) in [6, 6.07) is 6.82. The fraction of sp³-hybridized carbons (Fsp3) is 0.167. The van der Waals surface area contributed by atoms with Gasteiger partial charge in [0, 0.05) is 21.3 Å². The summed E-state index contributed by atoms with van der Waals surface area (Å²) >= 11 is 9.13. The number of aryl methyl sites for hydroxylation is 1. The lowest BCUT2D eigenvalue weighted by atomic mass is 10.2. The Bertz CT molecular complexity index is 582. The molecule has 4 nitrogen and oxygen atoms in total. The Morgan fingerprint density at radius 2 is 2.28 bits per heavy atom. The van der Waals surface area contributed by atoms with Crippen molar-refractivity contribution in [2.45, 2.75) is 13.3 Å². The van der Waals surface area contributed by atoms with E-state index in [0.29, 0.717) is 20.9 Å². The average molecular weight is 329 g/mol. The molecule has 94 valence electrons. The molecule has 0 saturated carbocycles. The number of benzene rings is 1. The zero-order chi connectivity index (χ0) is 13.1. The molecule has 0 aliphatic heterocycles. The highest BCUT2D eigenvalue weighted by atomic mass is 79.9. The van der Waals surface area contributed by atoms with Crippen LogP contribution in [0.15, 0.2) is 28.7 Å². The lowest BCUT2D eigenvalue weighted by Crippen LogP contribution is -2.12. The predicted octanol–water partition coefficient (Wildman–Crippen LogP) is 3.64. The van der Waals surface area contributed by atoms with Crippen LogP contribution in [0.1, 0.15) is 23.0 Å². The van der Waals surface area contributed by atoms with E-state index in [1.807, 2.05) is 13.0 Å². The third-order valence-corrected chi connectivity index (χ3v) is 3.32. The van der Waals surface area contributed by atoms with Crippen LogP contribution < -0.4 is 5.32 Å². The van der Waals surface area contributed by atoms with Crippen molar-refractivity contribution < 1.29 is 4.79 Å². The van der Waals surface area contributed by atoms with Gasteiger partial charge >= 0.3 is 0 Å². The highest BCUT2D eigenvalue weighted by Crippen LogP contribution is 2.22. The van der Waals surface area contributed by atoms with Crippen molar-refractivity contribution in [3.63, 3.8) is 0 Å². The lowest BCUT2D eigenvalue weighted by Gasteiger charge is -2.04. The van der Waals surface area contributed by atoms with E-state index < -0.39 is 0 Å². The minimum absolute atomic E-state index is 0.229. The first kappa shape index (κ1) is 13.1. The Morgan fingerprint density at radius 3 is 2.89 bits per heavy atom. The molecule has 0 radical (unpaired) electrons. The number of anilines is 1. The Hall–Kier alpha value is -1.33. The van der Waals surface area contributed by atoms with E-state index in [0.717, 1.165) is 12.1 Å². The Morgan fingerprint density at radius 1 is 1.50 bits per heavy atom. The second-order valence-corrected chi connectivity index (χ2v) is 5.00. The number of amides is 1. The topological polar surface area (TPSA) is 57.8 Å². The molecule has 0 saturated heterocycles. The smallest absolute Gasteiger partial charge is 0.258 e. The maximum absolute atomic E-state index is 12.0. The third kappa shape index (κ3) is 2.91. The molecule has 6 heteroatoms. The first-order chi connectivity index (χ1) is 8.60. The number of nitrogens with one attached hydrogen (secondary N) is 2. The maximum Gasteiger partial charge on any atom is 0.258 e. The van der Waals surface area contributed by atoms with Crippen molar-refractivity contribution in [3.05, 3.63) is 45.0 Å². The zero-order valence-corrected chi connectivity index (χ0v) is 12.0. The molecule has 1 aromatic carbocycles. The van der Waals surface area contributed by atoms with E-state index >= 15 is 0 Å². The summed E-state index contributed by atoms with van der Waals surface area (Å²) in [6.45, 7) is 2.01. The van der Waals surface area contributed by atoms with Crippen molar-refractivity contribution in [2.24, 2.45) is 0 Å². The first-order valence-electron chi connectivity index (χ1n) is 5.41. The van der Waals surface area contributed by atoms with Gasteiger partial charge in [-0.3, -0.25) is 9.89 Å². The van der Waals surface area contributed by atoms with Gasteiger partial charge in [-0.1, -0.05) is 18.5 Å². The van der Waals surface area contributed by atoms with Gasteiger partial charge in [0.25, 0.3) is 5.91 Å². The van der Waals surface area contributed by atoms with Crippen LogP contribution in [0, 0.1) is 0 Å². The summed E-state index contributed by atoms with van der Waals surface area (Å²) < 4.78 is 0.652. The van der Waals surface area contributed by atoms with Crippen molar-refractivity contribution >= 4 is 39.3 Å². The van der Waals surface area contributed by atoms with Gasteiger partial charge in [0.1, 0.15) is 0 Å². The summed E-state index contributed by atoms with van der Waals surface area (Å²) in [5, 5.41) is 10.1. The number of hydrogen-bond donors (Lipinski definition) is 2. The van der Waals surface area contributed by atoms with Crippen molar-refractivity contribution in [2.75, 3.05) is 5.32 Å². The van der Waals surface area contributed by atoms with Crippen LogP contribution in [-0.2, 0) is 6.42 Å². The second-order valence-electron chi connectivity index (χ2n) is 3.71. The Kier molecular flexibility index (Phi) is 4.04. The molecule has 0 aliphatic carbocycles. The van der Waals surface area contributed by atoms with Crippen LogP contribution in [0.3, 0.4) is 0 Å². The molecular formula is C12H11BrClN3O. The van der Waals surface area contributed by atoms with Crippen molar-refractivity contribution in [3.8, 4) is 0 Å². The SMILES string of the molecule is CCc1cc(NC(=O)c2ccc(Cl)cc2Br)n[nH]1. The first-order valence-corrected chi connectivity index (χ1v) is 6.58. The van der Waals surface area contributed by atoms with E-state index in [4.69, 9.17) is 11.6 Å². The van der Waals surface area contributed by atoms with Crippen LogP contribution in [0.2, 0.25) is 5.02 Å². The van der Waals surface area contributed by atoms with Gasteiger partial charge in [-0.2, -0.15) is 5.10 Å². The Labute approximate surface area is 118 Å². The van der Waals surface area contributed by atoms with Gasteiger partial charge in [-0.25, -0.2) is 0 Å². The molecule has 0 aliphatic rings. The summed E-state index contributed by atoms with van der Waals surface area (Å²) in [7, 11) is 0. The molecule has 0 atom stereocenters. The van der Waals surface area contributed by atoms with Gasteiger partial charge in [-0.05, 0) is 40.5 Å². The number of aromatic amines is 1. The molecule has 2 N–H and O–H groups in total. The number of halogens is 2. The van der Waals surface area contributed by atoms with Gasteiger partial charge in [0.05, 0.1) is 5.56 Å². The van der Waals surface area contributed by atoms with E-state index in [9.17, 15) is 4.79 Å². The molecule has 18 heavy (non-hydrogen) atoms. The molecule has 0 bridgehead atoms. The number of nitrogens with zero attached hydrogens (tertiary/aromatic N) is 1. The number of hydrogen-bond acceptors (Lipinski definition) is 2. The summed E-state index contributed by atoms with van der Waals surface area (Å²) in [5.74, 6) is 0.284. The molecule has 1 heterocycles. The van der Waals surface area contributed by atoms with Crippen LogP contribution >= 0.6 is 27.5 Å². The molecule has 0 fully saturated rings. The molecular weight excluding hydrogens is 318 g/mol. The molecule has 0 spiro atoms. The number of H-pyrrole nitrogens is 1. The van der Waals surface area contributed by atoms with E-state index in [1.165, 1.54) is 0 Å². The van der Waals surface area contributed by atoms with E-state index in [2.05, 4.69) is 31.4 Å². The van der Waals surface area contributed by atoms with Gasteiger partial charge in [0.15, 0.2) is 5.82 Å². The molecule has 2 rings (SSSR count). The van der Waals surface area contributed by atoms with Gasteiger partial charge in [0.2, 0.25) is 0 Å². The molecule has 2 aromatic rings. The minimum Gasteiger partial charge on any atom is -0.305 e. The number of aromatic nitrogens is 2. The predicted molar refractivity (Wildman–Crippen MR) is 75.1 cm³/mol. The quantitative estimate of drug-likeness (QED) is 0.903. The van der Waals surface area contributed by atoms with Crippen molar-refractivity contribution in [1.29, 1.82) is 0 Å². The summed E-state index contributed by atoms with van der Waals surface area (Å²) in [5.41, 5.74) is 1.49. The van der Waals surface area contributed by atoms with Crippen LogP contribution in [-0.4, -0.2) is 16.1 Å². The standard InChI is InChI=1S/C12H11BrClN3O/c1-2-8-6-11(17-16-8)15-12(18)9-4-3-7(14)5-10(9)13/h3-6H,2H2,1H3,(H2,15,16,17,18). The Balaban J connectivity index is 2.16. The molecule has 1 aromatic heterocycles. The average Bonchev–Trinajstić information content (AvgIpc) is 2.76. The minimum atomic E-state index is -0.229. The number of carbonyl (C=O) groups excluding carboxylic acids is 1. The summed E-state index contributed by atoms with van der Waals surface area (Å²) in [6.07, 6.45) is 0.841. The van der Waals surface area contributed by atoms with Crippen LogP contribution in [0.25, 0.3) is 0 Å². The summed E-state index contributed by atoms with van der Waals surface area (Å²) in [4.78, 5) is 12.0. The fourth-order valence-electron chi connectivity index (χ4n) is 1.46. The van der Waals surface area contributed by atoms with Gasteiger partial charge in [-0.15, -0.1) is 0 Å². The largest absolute Gasteiger partial charge is 0.305 e. The third-order valence-electron chi connectivity index (χ3n) is 2.43. The highest BCUT2D eigenvalue weighted by molar-refractivity contribution is 9.10. The van der Waals surface area contributed by atoms with Crippen LogP contribution in [0.4, 0.5) is 5.82 Å². The lowest BCUT2D eigenvalue weighted by molar-refractivity contribution is 0.102. The van der Waals surface area contributed by atoms with E-state index in [-0.39, 0.29) is 5.91 Å². The maximum atomic E-state index is 12.0. The number of carbonyl (C=O) groups is 1. The molecule has 1 amide bonds. The highest BCUT2D eigenvalue weighted by Gasteiger charge is 2.11. The zero-order valence-electron chi connectivity index (χ0n) is 9.63. The second kappa shape index (κ2) is 5.54. The molecule has 0 unspecified atom stereocenters. The van der Waals surface area contributed by atoms with Crippen molar-refractivity contribution in [1.82, 2.24) is 10.2 Å². The normalized spacial score (nSPS) is 10.4. The van der Waals surface area contributed by atoms with Gasteiger partial charge < -0.3 is 5.32 Å². The monoisotopic (exact) mass is 327 g/mol.